The van der Waals surface area contributed by atoms with Crippen molar-refractivity contribution in [2.75, 3.05) is 19.6 Å². The molecule has 1 unspecified atom stereocenters. The van der Waals surface area contributed by atoms with Crippen molar-refractivity contribution < 1.29 is 9.21 Å². The predicted octanol–water partition coefficient (Wildman–Crippen LogP) is 3.60. The Balaban J connectivity index is 1.65. The number of hydrogen-bond acceptors (Lipinski definition) is 4. The number of carbonyl (C=O) groups is 1. The number of hydrogen-bond donors (Lipinski definition) is 0. The lowest BCUT2D eigenvalue weighted by Crippen LogP contribution is -2.47. The van der Waals surface area contributed by atoms with Crippen LogP contribution in [0.3, 0.4) is 0 Å². The summed E-state index contributed by atoms with van der Waals surface area (Å²) < 4.78 is 7.76. The first-order valence-corrected chi connectivity index (χ1v) is 9.76. The molecule has 0 spiro atoms. The third-order valence-electron chi connectivity index (χ3n) is 5.33. The van der Waals surface area contributed by atoms with Gasteiger partial charge in [0.1, 0.15) is 6.26 Å². The van der Waals surface area contributed by atoms with E-state index in [2.05, 4.69) is 54.1 Å². The van der Waals surface area contributed by atoms with Crippen LogP contribution in [0.4, 0.5) is 0 Å². The van der Waals surface area contributed by atoms with Crippen LogP contribution < -0.4 is 0 Å². The molecule has 1 aromatic carbocycles. The Hall–Kier alpha value is -2.86. The largest absolute Gasteiger partial charge is 0.431 e. The minimum atomic E-state index is 0.0727. The average Bonchev–Trinajstić information content (AvgIpc) is 3.38. The molecule has 2 aromatic heterocycles. The van der Waals surface area contributed by atoms with E-state index in [9.17, 15) is 4.79 Å². The normalized spacial score (nSPS) is 18.0. The summed E-state index contributed by atoms with van der Waals surface area (Å²) in [6.45, 7) is 7.26. The van der Waals surface area contributed by atoms with Gasteiger partial charge in [-0.2, -0.15) is 4.98 Å². The third-order valence-corrected chi connectivity index (χ3v) is 5.33. The maximum atomic E-state index is 11.4. The van der Waals surface area contributed by atoms with Crippen LogP contribution in [-0.4, -0.2) is 45.4 Å². The second-order valence-corrected chi connectivity index (χ2v) is 7.58. The molecule has 1 fully saturated rings. The lowest BCUT2D eigenvalue weighted by atomic mass is 10.1. The van der Waals surface area contributed by atoms with Crippen molar-refractivity contribution in [3.63, 3.8) is 0 Å². The molecule has 28 heavy (non-hydrogen) atoms. The van der Waals surface area contributed by atoms with E-state index in [1.807, 2.05) is 27.8 Å². The molecule has 146 valence electrons. The Morgan fingerprint density at radius 1 is 1.18 bits per heavy atom. The van der Waals surface area contributed by atoms with Gasteiger partial charge in [-0.3, -0.25) is 14.3 Å². The molecule has 0 saturated carbocycles. The standard InChI is InChI=1S/C22H26N4O2/c1-17(2)19-15-28-22(23-19)26-10-6-9-20(26)21-14-24(16-27)11-12-25(21)13-18-7-4-3-5-8-18/h3-10,15-17,21H,11-14H2,1-2H3. The highest BCUT2D eigenvalue weighted by Crippen LogP contribution is 2.29. The number of amides is 1. The van der Waals surface area contributed by atoms with E-state index in [1.165, 1.54) is 5.56 Å². The number of aromatic nitrogens is 2. The van der Waals surface area contributed by atoms with Crippen molar-refractivity contribution in [3.05, 3.63) is 71.9 Å². The van der Waals surface area contributed by atoms with Crippen molar-refractivity contribution in [2.24, 2.45) is 0 Å². The molecule has 6 heteroatoms. The van der Waals surface area contributed by atoms with Crippen LogP contribution >= 0.6 is 0 Å². The molecule has 0 bridgehead atoms. The fourth-order valence-electron chi connectivity index (χ4n) is 3.72. The van der Waals surface area contributed by atoms with Crippen molar-refractivity contribution in [1.82, 2.24) is 19.4 Å². The lowest BCUT2D eigenvalue weighted by Gasteiger charge is -2.40. The van der Waals surface area contributed by atoms with E-state index >= 15 is 0 Å². The van der Waals surface area contributed by atoms with E-state index in [4.69, 9.17) is 4.42 Å². The fraction of sp³-hybridized carbons (Fsp3) is 0.364. The van der Waals surface area contributed by atoms with E-state index < -0.39 is 0 Å². The fourth-order valence-corrected chi connectivity index (χ4v) is 3.72. The van der Waals surface area contributed by atoms with Gasteiger partial charge in [-0.05, 0) is 23.6 Å². The molecule has 1 aliphatic rings. The van der Waals surface area contributed by atoms with Crippen LogP contribution in [0.1, 0.15) is 42.8 Å². The maximum Gasteiger partial charge on any atom is 0.306 e. The Morgan fingerprint density at radius 3 is 2.71 bits per heavy atom. The highest BCUT2D eigenvalue weighted by Gasteiger charge is 2.30. The van der Waals surface area contributed by atoms with E-state index in [-0.39, 0.29) is 6.04 Å². The number of benzene rings is 1. The SMILES string of the molecule is CC(C)c1coc(-n2cccc2C2CN(C=O)CCN2Cc2ccccc2)n1. The number of oxazole rings is 1. The molecule has 0 radical (unpaired) electrons. The number of carbonyl (C=O) groups excluding carboxylic acids is 1. The molecule has 0 N–H and O–H groups in total. The Bertz CT molecular complexity index is 916. The minimum absolute atomic E-state index is 0.0727. The summed E-state index contributed by atoms with van der Waals surface area (Å²) in [5.41, 5.74) is 3.29. The van der Waals surface area contributed by atoms with Crippen LogP contribution in [0, 0.1) is 0 Å². The first-order valence-electron chi connectivity index (χ1n) is 9.76. The van der Waals surface area contributed by atoms with Gasteiger partial charge < -0.3 is 9.32 Å². The van der Waals surface area contributed by atoms with Gasteiger partial charge in [-0.15, -0.1) is 0 Å². The molecule has 0 aliphatic carbocycles. The van der Waals surface area contributed by atoms with Crippen molar-refractivity contribution in [3.8, 4) is 6.01 Å². The van der Waals surface area contributed by atoms with E-state index in [0.717, 1.165) is 37.4 Å². The summed E-state index contributed by atoms with van der Waals surface area (Å²) in [5.74, 6) is 0.311. The van der Waals surface area contributed by atoms with Gasteiger partial charge in [0.15, 0.2) is 0 Å². The predicted molar refractivity (Wildman–Crippen MR) is 107 cm³/mol. The molecule has 1 saturated heterocycles. The summed E-state index contributed by atoms with van der Waals surface area (Å²) in [6.07, 6.45) is 4.65. The highest BCUT2D eigenvalue weighted by molar-refractivity contribution is 5.47. The monoisotopic (exact) mass is 378 g/mol. The van der Waals surface area contributed by atoms with E-state index in [1.54, 1.807) is 6.26 Å². The topological polar surface area (TPSA) is 54.5 Å². The summed E-state index contributed by atoms with van der Waals surface area (Å²) in [4.78, 5) is 20.4. The summed E-state index contributed by atoms with van der Waals surface area (Å²) in [7, 11) is 0. The molecule has 3 aromatic rings. The van der Waals surface area contributed by atoms with Crippen molar-refractivity contribution >= 4 is 6.41 Å². The Morgan fingerprint density at radius 2 is 2.00 bits per heavy atom. The van der Waals surface area contributed by atoms with Gasteiger partial charge in [0.05, 0.1) is 11.7 Å². The first kappa shape index (κ1) is 18.5. The number of nitrogens with zero attached hydrogens (tertiary/aromatic N) is 4. The van der Waals surface area contributed by atoms with E-state index in [0.29, 0.717) is 18.5 Å². The van der Waals surface area contributed by atoms with Gasteiger partial charge >= 0.3 is 6.01 Å². The molecule has 1 aliphatic heterocycles. The Kier molecular flexibility index (Phi) is 5.30. The lowest BCUT2D eigenvalue weighted by molar-refractivity contribution is -0.121. The zero-order chi connectivity index (χ0) is 19.5. The molecule has 4 rings (SSSR count). The summed E-state index contributed by atoms with van der Waals surface area (Å²) in [5, 5.41) is 0. The quantitative estimate of drug-likeness (QED) is 0.615. The van der Waals surface area contributed by atoms with Crippen LogP contribution in [0.25, 0.3) is 6.01 Å². The highest BCUT2D eigenvalue weighted by atomic mass is 16.4. The third kappa shape index (κ3) is 3.73. The van der Waals surface area contributed by atoms with Crippen LogP contribution in [-0.2, 0) is 11.3 Å². The van der Waals surface area contributed by atoms with Gasteiger partial charge in [-0.1, -0.05) is 44.2 Å². The minimum Gasteiger partial charge on any atom is -0.431 e. The van der Waals surface area contributed by atoms with Gasteiger partial charge in [0.25, 0.3) is 0 Å². The maximum absolute atomic E-state index is 11.4. The zero-order valence-electron chi connectivity index (χ0n) is 16.4. The smallest absolute Gasteiger partial charge is 0.306 e. The van der Waals surface area contributed by atoms with Gasteiger partial charge in [-0.25, -0.2) is 0 Å². The molecule has 1 atom stereocenters. The van der Waals surface area contributed by atoms with Crippen LogP contribution in [0.5, 0.6) is 0 Å². The second-order valence-electron chi connectivity index (χ2n) is 7.58. The summed E-state index contributed by atoms with van der Waals surface area (Å²) >= 11 is 0. The molecule has 3 heterocycles. The molecular weight excluding hydrogens is 352 g/mol. The van der Waals surface area contributed by atoms with Crippen molar-refractivity contribution in [1.29, 1.82) is 0 Å². The average molecular weight is 378 g/mol. The second kappa shape index (κ2) is 8.02. The van der Waals surface area contributed by atoms with Crippen molar-refractivity contribution in [2.45, 2.75) is 32.4 Å². The van der Waals surface area contributed by atoms with Crippen LogP contribution in [0.15, 0.2) is 59.3 Å². The van der Waals surface area contributed by atoms with Gasteiger partial charge in [0.2, 0.25) is 6.41 Å². The van der Waals surface area contributed by atoms with Gasteiger partial charge in [0, 0.05) is 38.1 Å². The molecule has 1 amide bonds. The number of piperazine rings is 1. The van der Waals surface area contributed by atoms with Crippen LogP contribution in [0.2, 0.25) is 0 Å². The molecule has 6 nitrogen and oxygen atoms in total. The Labute approximate surface area is 165 Å². The first-order chi connectivity index (χ1) is 13.7. The zero-order valence-corrected chi connectivity index (χ0v) is 16.4. The summed E-state index contributed by atoms with van der Waals surface area (Å²) in [6, 6.07) is 15.2. The molecular formula is C22H26N4O2. The number of rotatable bonds is 6.